The first-order chi connectivity index (χ1) is 6.65. The zero-order chi connectivity index (χ0) is 10.6. The van der Waals surface area contributed by atoms with Crippen molar-refractivity contribution >= 4 is 5.97 Å². The fourth-order valence-corrected chi connectivity index (χ4v) is 2.41. The van der Waals surface area contributed by atoms with Crippen LogP contribution in [0.25, 0.3) is 0 Å². The summed E-state index contributed by atoms with van der Waals surface area (Å²) < 4.78 is 0. The maximum Gasteiger partial charge on any atom is 0.306 e. The summed E-state index contributed by atoms with van der Waals surface area (Å²) >= 11 is 0. The van der Waals surface area contributed by atoms with Gasteiger partial charge in [0.1, 0.15) is 0 Å². The van der Waals surface area contributed by atoms with Gasteiger partial charge in [-0.1, -0.05) is 13.3 Å². The molecular weight excluding hydrogens is 178 g/mol. The van der Waals surface area contributed by atoms with Gasteiger partial charge >= 0.3 is 5.97 Å². The molecule has 1 aliphatic rings. The molecule has 0 aromatic carbocycles. The molecule has 1 rings (SSSR count). The number of hydrogen-bond acceptors (Lipinski definition) is 2. The van der Waals surface area contributed by atoms with Crippen LogP contribution < -0.4 is 0 Å². The molecule has 0 radical (unpaired) electrons. The molecule has 1 saturated heterocycles. The van der Waals surface area contributed by atoms with E-state index < -0.39 is 5.97 Å². The molecule has 1 N–H and O–H groups in total. The van der Waals surface area contributed by atoms with Crippen molar-refractivity contribution < 1.29 is 9.90 Å². The number of hydrogen-bond donors (Lipinski definition) is 1. The third-order valence-corrected chi connectivity index (χ3v) is 3.15. The van der Waals surface area contributed by atoms with Crippen LogP contribution in [0.2, 0.25) is 0 Å². The monoisotopic (exact) mass is 199 g/mol. The zero-order valence-electron chi connectivity index (χ0n) is 9.20. The topological polar surface area (TPSA) is 40.5 Å². The van der Waals surface area contributed by atoms with E-state index >= 15 is 0 Å². The maximum absolute atomic E-state index is 11.1. The summed E-state index contributed by atoms with van der Waals surface area (Å²) in [4.78, 5) is 13.3. The Hall–Kier alpha value is -0.570. The third kappa shape index (κ3) is 2.98. The van der Waals surface area contributed by atoms with Gasteiger partial charge in [-0.15, -0.1) is 0 Å². The zero-order valence-corrected chi connectivity index (χ0v) is 9.20. The van der Waals surface area contributed by atoms with Gasteiger partial charge < -0.3 is 10.0 Å². The van der Waals surface area contributed by atoms with Crippen LogP contribution in [0.4, 0.5) is 0 Å². The van der Waals surface area contributed by atoms with Gasteiger partial charge in [-0.05, 0) is 38.8 Å². The van der Waals surface area contributed by atoms with Gasteiger partial charge in [-0.2, -0.15) is 0 Å². The standard InChI is InChI=1S/C11H21NO2/c1-3-5-10(11(13)14)9-6-4-7-12(2)8-9/h9-10H,3-8H2,1-2H3,(H,13,14). The number of carboxylic acid groups (broad SMARTS) is 1. The fourth-order valence-electron chi connectivity index (χ4n) is 2.41. The Kier molecular flexibility index (Phi) is 4.39. The van der Waals surface area contributed by atoms with Gasteiger partial charge in [0.05, 0.1) is 5.92 Å². The molecular formula is C11H21NO2. The van der Waals surface area contributed by atoms with Crippen molar-refractivity contribution in [2.24, 2.45) is 11.8 Å². The number of aliphatic carboxylic acids is 1. The first-order valence-corrected chi connectivity index (χ1v) is 5.56. The van der Waals surface area contributed by atoms with E-state index in [4.69, 9.17) is 5.11 Å². The van der Waals surface area contributed by atoms with Crippen LogP contribution in [0.1, 0.15) is 32.6 Å². The minimum absolute atomic E-state index is 0.122. The molecule has 0 aromatic heterocycles. The lowest BCUT2D eigenvalue weighted by molar-refractivity contribution is -0.144. The van der Waals surface area contributed by atoms with E-state index in [2.05, 4.69) is 18.9 Å². The van der Waals surface area contributed by atoms with Crippen LogP contribution in [-0.4, -0.2) is 36.1 Å². The molecule has 2 unspecified atom stereocenters. The van der Waals surface area contributed by atoms with E-state index in [0.717, 1.165) is 38.8 Å². The van der Waals surface area contributed by atoms with Gasteiger partial charge in [0.25, 0.3) is 0 Å². The van der Waals surface area contributed by atoms with E-state index in [9.17, 15) is 4.79 Å². The van der Waals surface area contributed by atoms with Crippen LogP contribution in [0.15, 0.2) is 0 Å². The Balaban J connectivity index is 2.53. The highest BCUT2D eigenvalue weighted by Crippen LogP contribution is 2.26. The van der Waals surface area contributed by atoms with Crippen molar-refractivity contribution in [2.45, 2.75) is 32.6 Å². The van der Waals surface area contributed by atoms with Gasteiger partial charge in [0, 0.05) is 6.54 Å². The van der Waals surface area contributed by atoms with Gasteiger partial charge in [-0.25, -0.2) is 0 Å². The van der Waals surface area contributed by atoms with Crippen LogP contribution in [0.5, 0.6) is 0 Å². The molecule has 3 heteroatoms. The normalized spacial score (nSPS) is 26.0. The van der Waals surface area contributed by atoms with Crippen LogP contribution in [-0.2, 0) is 4.79 Å². The van der Waals surface area contributed by atoms with Crippen molar-refractivity contribution in [1.82, 2.24) is 4.90 Å². The minimum atomic E-state index is -0.604. The van der Waals surface area contributed by atoms with Crippen molar-refractivity contribution in [3.05, 3.63) is 0 Å². The largest absolute Gasteiger partial charge is 0.481 e. The molecule has 1 aliphatic heterocycles. The Morgan fingerprint density at radius 2 is 2.36 bits per heavy atom. The highest BCUT2D eigenvalue weighted by molar-refractivity contribution is 5.70. The molecule has 1 heterocycles. The average Bonchev–Trinajstić information content (AvgIpc) is 2.13. The van der Waals surface area contributed by atoms with E-state index in [1.165, 1.54) is 0 Å². The van der Waals surface area contributed by atoms with Crippen LogP contribution in [0.3, 0.4) is 0 Å². The molecule has 0 bridgehead atoms. The fraction of sp³-hybridized carbons (Fsp3) is 0.909. The summed E-state index contributed by atoms with van der Waals surface area (Å²) in [5.74, 6) is -0.360. The number of carboxylic acids is 1. The summed E-state index contributed by atoms with van der Waals surface area (Å²) in [5, 5.41) is 9.12. The maximum atomic E-state index is 11.1. The number of piperidine rings is 1. The van der Waals surface area contributed by atoms with Crippen molar-refractivity contribution in [3.8, 4) is 0 Å². The second-order valence-corrected chi connectivity index (χ2v) is 4.40. The summed E-state index contributed by atoms with van der Waals surface area (Å²) in [6.45, 7) is 4.13. The van der Waals surface area contributed by atoms with Crippen molar-refractivity contribution in [2.75, 3.05) is 20.1 Å². The Morgan fingerprint density at radius 3 is 2.86 bits per heavy atom. The molecule has 82 valence electrons. The molecule has 0 aromatic rings. The summed E-state index contributed by atoms with van der Waals surface area (Å²) in [6.07, 6.45) is 4.03. The van der Waals surface area contributed by atoms with Gasteiger partial charge in [0.15, 0.2) is 0 Å². The predicted octanol–water partition coefficient (Wildman–Crippen LogP) is 1.83. The second kappa shape index (κ2) is 5.35. The van der Waals surface area contributed by atoms with E-state index in [-0.39, 0.29) is 5.92 Å². The number of nitrogens with zero attached hydrogens (tertiary/aromatic N) is 1. The molecule has 3 nitrogen and oxygen atoms in total. The van der Waals surface area contributed by atoms with E-state index in [0.29, 0.717) is 5.92 Å². The number of carbonyl (C=O) groups is 1. The molecule has 0 amide bonds. The molecule has 1 fully saturated rings. The Labute approximate surface area is 86.1 Å². The molecule has 2 atom stereocenters. The molecule has 14 heavy (non-hydrogen) atoms. The molecule has 0 aliphatic carbocycles. The Morgan fingerprint density at radius 1 is 1.64 bits per heavy atom. The number of likely N-dealkylation sites (tertiary alicyclic amines) is 1. The SMILES string of the molecule is CCCC(C(=O)O)C1CCCN(C)C1. The van der Waals surface area contributed by atoms with Gasteiger partial charge in [-0.3, -0.25) is 4.79 Å². The minimum Gasteiger partial charge on any atom is -0.481 e. The lowest BCUT2D eigenvalue weighted by Gasteiger charge is -2.33. The summed E-state index contributed by atoms with van der Waals surface area (Å²) in [5.41, 5.74) is 0. The lowest BCUT2D eigenvalue weighted by atomic mass is 9.83. The van der Waals surface area contributed by atoms with Crippen molar-refractivity contribution in [1.29, 1.82) is 0 Å². The van der Waals surface area contributed by atoms with E-state index in [1.807, 2.05) is 0 Å². The highest BCUT2D eigenvalue weighted by atomic mass is 16.4. The highest BCUT2D eigenvalue weighted by Gasteiger charge is 2.29. The summed E-state index contributed by atoms with van der Waals surface area (Å²) in [6, 6.07) is 0. The van der Waals surface area contributed by atoms with Crippen LogP contribution in [0, 0.1) is 11.8 Å². The second-order valence-electron chi connectivity index (χ2n) is 4.40. The molecule has 0 saturated carbocycles. The molecule has 0 spiro atoms. The van der Waals surface area contributed by atoms with Crippen molar-refractivity contribution in [3.63, 3.8) is 0 Å². The lowest BCUT2D eigenvalue weighted by Crippen LogP contribution is -2.38. The summed E-state index contributed by atoms with van der Waals surface area (Å²) in [7, 11) is 2.08. The first kappa shape index (κ1) is 11.5. The average molecular weight is 199 g/mol. The third-order valence-electron chi connectivity index (χ3n) is 3.15. The first-order valence-electron chi connectivity index (χ1n) is 5.56. The van der Waals surface area contributed by atoms with E-state index in [1.54, 1.807) is 0 Å². The number of rotatable bonds is 4. The Bertz CT molecular complexity index is 194. The quantitative estimate of drug-likeness (QED) is 0.751. The van der Waals surface area contributed by atoms with Gasteiger partial charge in [0.2, 0.25) is 0 Å². The van der Waals surface area contributed by atoms with Crippen LogP contribution >= 0.6 is 0 Å². The smallest absolute Gasteiger partial charge is 0.306 e. The predicted molar refractivity (Wildman–Crippen MR) is 56.3 cm³/mol.